The van der Waals surface area contributed by atoms with Crippen molar-refractivity contribution in [2.75, 3.05) is 39.4 Å². The number of rotatable bonds is 3. The first-order valence-electron chi connectivity index (χ1n) is 11.3. The molecule has 170 valence electrons. The van der Waals surface area contributed by atoms with Crippen LogP contribution < -0.4 is 9.47 Å². The van der Waals surface area contributed by atoms with Crippen molar-refractivity contribution in [2.45, 2.75) is 37.0 Å². The number of sulfonamides is 1. The average Bonchev–Trinajstić information content (AvgIpc) is 3.08. The highest BCUT2D eigenvalue weighted by Crippen LogP contribution is 2.33. The molecule has 2 heterocycles. The number of carbonyl (C=O) groups is 1. The summed E-state index contributed by atoms with van der Waals surface area (Å²) >= 11 is 0. The molecule has 2 aliphatic heterocycles. The summed E-state index contributed by atoms with van der Waals surface area (Å²) in [4.78, 5) is 15.0. The summed E-state index contributed by atoms with van der Waals surface area (Å²) in [5.74, 6) is 1.01. The molecule has 0 aromatic heterocycles. The van der Waals surface area contributed by atoms with Gasteiger partial charge >= 0.3 is 0 Å². The number of nitrogens with zero attached hydrogens (tertiary/aromatic N) is 2. The van der Waals surface area contributed by atoms with Crippen LogP contribution in [-0.2, 0) is 22.9 Å². The van der Waals surface area contributed by atoms with Gasteiger partial charge in [0.05, 0.1) is 18.1 Å². The molecule has 7 nitrogen and oxygen atoms in total. The van der Waals surface area contributed by atoms with Gasteiger partial charge in [-0.1, -0.05) is 6.07 Å². The van der Waals surface area contributed by atoms with E-state index in [0.29, 0.717) is 43.4 Å². The van der Waals surface area contributed by atoms with E-state index in [1.54, 1.807) is 23.1 Å². The maximum absolute atomic E-state index is 13.2. The lowest BCUT2D eigenvalue weighted by molar-refractivity contribution is 0.0697. The standard InChI is InChI=1S/C24H28N2O5S/c27-24(20-7-6-18-4-1-2-5-19(18)16-20)25-10-12-26(13-11-25)32(28,29)21-8-9-22-23(17-21)31-15-3-14-30-22/h6-9,16-17H,1-5,10-15H2. The number of fused-ring (bicyclic) bond motifs is 2. The number of piperazine rings is 1. The summed E-state index contributed by atoms with van der Waals surface area (Å²) in [6.45, 7) is 2.35. The zero-order chi connectivity index (χ0) is 22.1. The van der Waals surface area contributed by atoms with Crippen LogP contribution in [0, 0.1) is 0 Å². The molecule has 0 spiro atoms. The number of carbonyl (C=O) groups excluding carboxylic acids is 1. The van der Waals surface area contributed by atoms with Crippen molar-refractivity contribution in [1.82, 2.24) is 9.21 Å². The van der Waals surface area contributed by atoms with Gasteiger partial charge in [0.15, 0.2) is 11.5 Å². The second-order valence-corrected chi connectivity index (χ2v) is 10.5. The van der Waals surface area contributed by atoms with Crippen molar-refractivity contribution in [3.05, 3.63) is 53.1 Å². The summed E-state index contributed by atoms with van der Waals surface area (Å²) in [6, 6.07) is 10.8. The van der Waals surface area contributed by atoms with E-state index in [1.807, 2.05) is 12.1 Å². The SMILES string of the molecule is O=C(c1ccc2c(c1)CCCC2)N1CCN(S(=O)(=O)c2ccc3c(c2)OCCCO3)CC1. The summed E-state index contributed by atoms with van der Waals surface area (Å²) in [5, 5.41) is 0. The Labute approximate surface area is 189 Å². The van der Waals surface area contributed by atoms with E-state index in [1.165, 1.54) is 28.3 Å². The van der Waals surface area contributed by atoms with E-state index >= 15 is 0 Å². The van der Waals surface area contributed by atoms with Gasteiger partial charge in [-0.3, -0.25) is 4.79 Å². The van der Waals surface area contributed by atoms with Crippen LogP contribution in [0.2, 0.25) is 0 Å². The molecule has 2 aromatic carbocycles. The van der Waals surface area contributed by atoms with Crippen molar-refractivity contribution >= 4 is 15.9 Å². The van der Waals surface area contributed by atoms with Gasteiger partial charge in [0.1, 0.15) is 0 Å². The molecule has 0 atom stereocenters. The lowest BCUT2D eigenvalue weighted by Gasteiger charge is -2.34. The van der Waals surface area contributed by atoms with Gasteiger partial charge in [-0.25, -0.2) is 8.42 Å². The molecule has 32 heavy (non-hydrogen) atoms. The minimum atomic E-state index is -3.67. The third-order valence-electron chi connectivity index (χ3n) is 6.48. The molecule has 3 aliphatic rings. The smallest absolute Gasteiger partial charge is 0.253 e. The Morgan fingerprint density at radius 3 is 2.28 bits per heavy atom. The van der Waals surface area contributed by atoms with Crippen LogP contribution >= 0.6 is 0 Å². The number of aryl methyl sites for hydroxylation is 2. The molecule has 5 rings (SSSR count). The van der Waals surface area contributed by atoms with Crippen LogP contribution in [0.3, 0.4) is 0 Å². The highest BCUT2D eigenvalue weighted by molar-refractivity contribution is 7.89. The van der Waals surface area contributed by atoms with Gasteiger partial charge in [0, 0.05) is 44.2 Å². The number of hydrogen-bond acceptors (Lipinski definition) is 5. The van der Waals surface area contributed by atoms with Gasteiger partial charge in [-0.05, 0) is 61.1 Å². The zero-order valence-electron chi connectivity index (χ0n) is 18.1. The third-order valence-corrected chi connectivity index (χ3v) is 8.37. The normalized spacial score (nSPS) is 19.2. The van der Waals surface area contributed by atoms with Gasteiger partial charge in [-0.2, -0.15) is 4.31 Å². The third kappa shape index (κ3) is 4.09. The molecule has 0 unspecified atom stereocenters. The van der Waals surface area contributed by atoms with E-state index in [4.69, 9.17) is 9.47 Å². The minimum absolute atomic E-state index is 0.0222. The van der Waals surface area contributed by atoms with Crippen LogP contribution in [0.5, 0.6) is 11.5 Å². The Hall–Kier alpha value is -2.58. The Morgan fingerprint density at radius 2 is 1.50 bits per heavy atom. The molecule has 0 bridgehead atoms. The molecular weight excluding hydrogens is 428 g/mol. The molecule has 1 amide bonds. The van der Waals surface area contributed by atoms with Gasteiger partial charge in [0.2, 0.25) is 10.0 Å². The number of ether oxygens (including phenoxy) is 2. The second kappa shape index (κ2) is 8.75. The predicted octanol–water partition coefficient (Wildman–Crippen LogP) is 2.87. The fourth-order valence-corrected chi connectivity index (χ4v) is 6.07. The van der Waals surface area contributed by atoms with Crippen LogP contribution in [0.1, 0.15) is 40.7 Å². The summed E-state index contributed by atoms with van der Waals surface area (Å²) in [7, 11) is -3.67. The van der Waals surface area contributed by atoms with E-state index in [2.05, 4.69) is 6.07 Å². The molecular formula is C24H28N2O5S. The first-order chi connectivity index (χ1) is 15.5. The average molecular weight is 457 g/mol. The predicted molar refractivity (Wildman–Crippen MR) is 120 cm³/mol. The minimum Gasteiger partial charge on any atom is -0.490 e. The van der Waals surface area contributed by atoms with Crippen LogP contribution in [0.15, 0.2) is 41.3 Å². The zero-order valence-corrected chi connectivity index (χ0v) is 18.9. The van der Waals surface area contributed by atoms with Crippen molar-refractivity contribution in [2.24, 2.45) is 0 Å². The van der Waals surface area contributed by atoms with E-state index < -0.39 is 10.0 Å². The monoisotopic (exact) mass is 456 g/mol. The Kier molecular flexibility index (Phi) is 5.82. The van der Waals surface area contributed by atoms with Gasteiger partial charge < -0.3 is 14.4 Å². The largest absolute Gasteiger partial charge is 0.490 e. The van der Waals surface area contributed by atoms with E-state index in [-0.39, 0.29) is 23.9 Å². The number of amides is 1. The highest BCUT2D eigenvalue weighted by atomic mass is 32.2. The molecule has 1 aliphatic carbocycles. The topological polar surface area (TPSA) is 76.2 Å². The quantitative estimate of drug-likeness (QED) is 0.710. The maximum atomic E-state index is 13.2. The first-order valence-corrected chi connectivity index (χ1v) is 12.8. The van der Waals surface area contributed by atoms with Crippen LogP contribution in [0.25, 0.3) is 0 Å². The van der Waals surface area contributed by atoms with E-state index in [0.717, 1.165) is 19.3 Å². The van der Waals surface area contributed by atoms with Crippen molar-refractivity contribution < 1.29 is 22.7 Å². The maximum Gasteiger partial charge on any atom is 0.253 e. The Balaban J connectivity index is 1.27. The fourth-order valence-electron chi connectivity index (χ4n) is 4.63. The lowest BCUT2D eigenvalue weighted by atomic mass is 9.90. The molecule has 1 saturated heterocycles. The molecule has 0 saturated carbocycles. The Morgan fingerprint density at radius 1 is 0.781 bits per heavy atom. The molecule has 1 fully saturated rings. The van der Waals surface area contributed by atoms with Crippen molar-refractivity contribution in [1.29, 1.82) is 0 Å². The van der Waals surface area contributed by atoms with Gasteiger partial charge in [0.25, 0.3) is 5.91 Å². The van der Waals surface area contributed by atoms with Crippen LogP contribution in [0.4, 0.5) is 0 Å². The van der Waals surface area contributed by atoms with Crippen molar-refractivity contribution in [3.8, 4) is 11.5 Å². The van der Waals surface area contributed by atoms with Crippen molar-refractivity contribution in [3.63, 3.8) is 0 Å². The van der Waals surface area contributed by atoms with Crippen LogP contribution in [-0.4, -0.2) is 62.9 Å². The van der Waals surface area contributed by atoms with Gasteiger partial charge in [-0.15, -0.1) is 0 Å². The van der Waals surface area contributed by atoms with E-state index in [9.17, 15) is 13.2 Å². The molecule has 8 heteroatoms. The number of hydrogen-bond donors (Lipinski definition) is 0. The fraction of sp³-hybridized carbons (Fsp3) is 0.458. The Bertz CT molecular complexity index is 1120. The number of benzene rings is 2. The molecule has 2 aromatic rings. The lowest BCUT2D eigenvalue weighted by Crippen LogP contribution is -2.50. The molecule has 0 radical (unpaired) electrons. The summed E-state index contributed by atoms with van der Waals surface area (Å²) in [6.07, 6.45) is 5.25. The summed E-state index contributed by atoms with van der Waals surface area (Å²) in [5.41, 5.74) is 3.32. The molecule has 0 N–H and O–H groups in total. The first kappa shape index (κ1) is 21.3. The highest BCUT2D eigenvalue weighted by Gasteiger charge is 2.31. The second-order valence-electron chi connectivity index (χ2n) is 8.55. The summed E-state index contributed by atoms with van der Waals surface area (Å²) < 4.78 is 39.1.